The number of carbonyl (C=O) groups excluding carboxylic acids is 2. The number of nitrogens with two attached hydrogens (primary N) is 1. The average molecular weight is 287 g/mol. The number of hydrogen-bond acceptors (Lipinski definition) is 4. The molecule has 3 amide bonds. The van der Waals surface area contributed by atoms with Gasteiger partial charge >= 0.3 is 12.0 Å². The Balaban J connectivity index is 2.29. The van der Waals surface area contributed by atoms with Crippen molar-refractivity contribution in [3.63, 3.8) is 0 Å². The van der Waals surface area contributed by atoms with Gasteiger partial charge in [0.25, 0.3) is 0 Å². The molecule has 0 aromatic heterocycles. The zero-order valence-corrected chi connectivity index (χ0v) is 11.3. The molecule has 2 atom stereocenters. The number of urea groups is 1. The summed E-state index contributed by atoms with van der Waals surface area (Å²) in [5, 5.41) is 13.8. The topological polar surface area (TPSA) is 131 Å². The van der Waals surface area contributed by atoms with E-state index in [9.17, 15) is 14.4 Å². The monoisotopic (exact) mass is 287 g/mol. The van der Waals surface area contributed by atoms with E-state index in [0.717, 1.165) is 19.3 Å². The molecule has 0 bridgehead atoms. The molecule has 1 unspecified atom stereocenters. The Morgan fingerprint density at radius 1 is 1.35 bits per heavy atom. The highest BCUT2D eigenvalue weighted by Crippen LogP contribution is 2.11. The standard InChI is InChI=1S/C12H21N3O5/c13-10(16)5-4-9(11(17)18)15-12(19)14-7-8-3-1-2-6-20-8/h8-9H,1-7H2,(H2,13,16)(H,17,18)(H2,14,15,19)/t8?,9-/m1/s1. The Morgan fingerprint density at radius 3 is 2.65 bits per heavy atom. The van der Waals surface area contributed by atoms with Crippen molar-refractivity contribution in [1.82, 2.24) is 10.6 Å². The van der Waals surface area contributed by atoms with E-state index in [1.807, 2.05) is 0 Å². The zero-order chi connectivity index (χ0) is 15.0. The third-order valence-corrected chi connectivity index (χ3v) is 3.05. The summed E-state index contributed by atoms with van der Waals surface area (Å²) in [5.74, 6) is -1.80. The van der Waals surface area contributed by atoms with Crippen LogP contribution in [0.3, 0.4) is 0 Å². The molecule has 20 heavy (non-hydrogen) atoms. The molecule has 0 radical (unpaired) electrons. The van der Waals surface area contributed by atoms with Crippen LogP contribution in [0.1, 0.15) is 32.1 Å². The summed E-state index contributed by atoms with van der Waals surface area (Å²) in [6, 6.07) is -1.72. The first-order chi connectivity index (χ1) is 9.49. The maximum absolute atomic E-state index is 11.6. The SMILES string of the molecule is NC(=O)CC[C@@H](NC(=O)NCC1CCCCO1)C(=O)O. The quantitative estimate of drug-likeness (QED) is 0.505. The fraction of sp³-hybridized carbons (Fsp3) is 0.750. The fourth-order valence-electron chi connectivity index (χ4n) is 1.93. The minimum absolute atomic E-state index is 0.0246. The van der Waals surface area contributed by atoms with E-state index >= 15 is 0 Å². The summed E-state index contributed by atoms with van der Waals surface area (Å²) in [7, 11) is 0. The van der Waals surface area contributed by atoms with Crippen LogP contribution >= 0.6 is 0 Å². The molecule has 8 nitrogen and oxygen atoms in total. The Labute approximate surface area is 117 Å². The predicted molar refractivity (Wildman–Crippen MR) is 70.0 cm³/mol. The molecule has 0 aliphatic carbocycles. The third-order valence-electron chi connectivity index (χ3n) is 3.05. The normalized spacial score (nSPS) is 19.9. The van der Waals surface area contributed by atoms with E-state index in [4.69, 9.17) is 15.6 Å². The molecule has 8 heteroatoms. The summed E-state index contributed by atoms with van der Waals surface area (Å²) < 4.78 is 5.44. The smallest absolute Gasteiger partial charge is 0.326 e. The highest BCUT2D eigenvalue weighted by Gasteiger charge is 2.21. The van der Waals surface area contributed by atoms with Gasteiger partial charge in [0.05, 0.1) is 6.10 Å². The average Bonchev–Trinajstić information content (AvgIpc) is 2.41. The Bertz CT molecular complexity index is 355. The van der Waals surface area contributed by atoms with Gasteiger partial charge in [-0.1, -0.05) is 0 Å². The Hall–Kier alpha value is -1.83. The first kappa shape index (κ1) is 16.2. The van der Waals surface area contributed by atoms with Crippen LogP contribution in [0.2, 0.25) is 0 Å². The number of carboxylic acids is 1. The number of rotatable bonds is 7. The summed E-state index contributed by atoms with van der Waals surface area (Å²) in [6.45, 7) is 1.03. The minimum Gasteiger partial charge on any atom is -0.480 e. The lowest BCUT2D eigenvalue weighted by Gasteiger charge is -2.23. The molecule has 5 N–H and O–H groups in total. The van der Waals surface area contributed by atoms with E-state index < -0.39 is 23.9 Å². The fourth-order valence-corrected chi connectivity index (χ4v) is 1.93. The molecule has 0 aromatic rings. The molecule has 1 fully saturated rings. The molecular formula is C12H21N3O5. The summed E-state index contributed by atoms with van der Waals surface area (Å²) in [6.07, 6.45) is 2.82. The number of ether oxygens (including phenoxy) is 1. The van der Waals surface area contributed by atoms with Gasteiger partial charge in [-0.05, 0) is 25.7 Å². The van der Waals surface area contributed by atoms with E-state index in [1.165, 1.54) is 0 Å². The Morgan fingerprint density at radius 2 is 2.10 bits per heavy atom. The number of amides is 3. The van der Waals surface area contributed by atoms with Crippen LogP contribution < -0.4 is 16.4 Å². The number of primary amides is 1. The van der Waals surface area contributed by atoms with Crippen LogP contribution in [0, 0.1) is 0 Å². The number of hydrogen-bond donors (Lipinski definition) is 4. The van der Waals surface area contributed by atoms with Gasteiger partial charge in [-0.15, -0.1) is 0 Å². The van der Waals surface area contributed by atoms with Crippen molar-refractivity contribution in [3.8, 4) is 0 Å². The highest BCUT2D eigenvalue weighted by atomic mass is 16.5. The maximum atomic E-state index is 11.6. The lowest BCUT2D eigenvalue weighted by Crippen LogP contribution is -2.48. The molecule has 1 aliphatic rings. The van der Waals surface area contributed by atoms with E-state index in [1.54, 1.807) is 0 Å². The second kappa shape index (κ2) is 8.36. The predicted octanol–water partition coefficient (Wildman–Crippen LogP) is -0.427. The second-order valence-corrected chi connectivity index (χ2v) is 4.74. The molecular weight excluding hydrogens is 266 g/mol. The molecule has 0 saturated carbocycles. The molecule has 0 aromatic carbocycles. The van der Waals surface area contributed by atoms with Gasteiger partial charge in [-0.2, -0.15) is 0 Å². The van der Waals surface area contributed by atoms with Crippen molar-refractivity contribution in [2.24, 2.45) is 5.73 Å². The van der Waals surface area contributed by atoms with Crippen LogP contribution in [0.25, 0.3) is 0 Å². The summed E-state index contributed by atoms with van der Waals surface area (Å²) in [4.78, 5) is 33.2. The maximum Gasteiger partial charge on any atom is 0.326 e. The van der Waals surface area contributed by atoms with Gasteiger partial charge in [-0.25, -0.2) is 9.59 Å². The van der Waals surface area contributed by atoms with Gasteiger partial charge < -0.3 is 26.2 Å². The van der Waals surface area contributed by atoms with Gasteiger partial charge in [0.15, 0.2) is 0 Å². The van der Waals surface area contributed by atoms with E-state index in [2.05, 4.69) is 10.6 Å². The van der Waals surface area contributed by atoms with Crippen molar-refractivity contribution in [2.45, 2.75) is 44.2 Å². The number of carboxylic acid groups (broad SMARTS) is 1. The van der Waals surface area contributed by atoms with Crippen LogP contribution in [-0.2, 0) is 14.3 Å². The Kier molecular flexibility index (Phi) is 6.78. The number of carbonyl (C=O) groups is 3. The van der Waals surface area contributed by atoms with Crippen molar-refractivity contribution >= 4 is 17.9 Å². The second-order valence-electron chi connectivity index (χ2n) is 4.74. The van der Waals surface area contributed by atoms with Crippen molar-refractivity contribution < 1.29 is 24.2 Å². The molecule has 1 rings (SSSR count). The highest BCUT2D eigenvalue weighted by molar-refractivity contribution is 5.83. The van der Waals surface area contributed by atoms with Gasteiger partial charge in [-0.3, -0.25) is 4.79 Å². The van der Waals surface area contributed by atoms with Crippen LogP contribution in [0.5, 0.6) is 0 Å². The molecule has 0 spiro atoms. The first-order valence-corrected chi connectivity index (χ1v) is 6.66. The third kappa shape index (κ3) is 6.37. The van der Waals surface area contributed by atoms with Gasteiger partial charge in [0.1, 0.15) is 6.04 Å². The van der Waals surface area contributed by atoms with Crippen molar-refractivity contribution in [1.29, 1.82) is 0 Å². The van der Waals surface area contributed by atoms with Crippen LogP contribution in [0.15, 0.2) is 0 Å². The number of aliphatic carboxylic acids is 1. The van der Waals surface area contributed by atoms with Crippen molar-refractivity contribution in [3.05, 3.63) is 0 Å². The molecule has 1 aliphatic heterocycles. The lowest BCUT2D eigenvalue weighted by atomic mass is 10.1. The van der Waals surface area contributed by atoms with Gasteiger partial charge in [0.2, 0.25) is 5.91 Å². The van der Waals surface area contributed by atoms with Crippen LogP contribution in [0.4, 0.5) is 4.79 Å². The minimum atomic E-state index is -1.20. The summed E-state index contributed by atoms with van der Waals surface area (Å²) >= 11 is 0. The zero-order valence-electron chi connectivity index (χ0n) is 11.3. The molecule has 114 valence electrons. The van der Waals surface area contributed by atoms with Crippen molar-refractivity contribution in [2.75, 3.05) is 13.2 Å². The molecule has 1 saturated heterocycles. The lowest BCUT2D eigenvalue weighted by molar-refractivity contribution is -0.139. The first-order valence-electron chi connectivity index (χ1n) is 6.66. The van der Waals surface area contributed by atoms with E-state index in [-0.39, 0.29) is 18.9 Å². The van der Waals surface area contributed by atoms with Crippen LogP contribution in [-0.4, -0.2) is 48.3 Å². The molecule has 1 heterocycles. The van der Waals surface area contributed by atoms with Gasteiger partial charge in [0, 0.05) is 19.6 Å². The summed E-state index contributed by atoms with van der Waals surface area (Å²) in [5.41, 5.74) is 4.95. The van der Waals surface area contributed by atoms with E-state index in [0.29, 0.717) is 13.2 Å². The number of nitrogens with one attached hydrogen (secondary N) is 2. The largest absolute Gasteiger partial charge is 0.480 e.